The van der Waals surface area contributed by atoms with Gasteiger partial charge in [0.1, 0.15) is 0 Å². The lowest BCUT2D eigenvalue weighted by Gasteiger charge is -2.15. The van der Waals surface area contributed by atoms with Gasteiger partial charge in [-0.1, -0.05) is 24.3 Å². The van der Waals surface area contributed by atoms with E-state index in [9.17, 15) is 0 Å². The summed E-state index contributed by atoms with van der Waals surface area (Å²) in [5, 5.41) is 2.67. The molecule has 22 heavy (non-hydrogen) atoms. The summed E-state index contributed by atoms with van der Waals surface area (Å²) in [7, 11) is 0. The minimum atomic E-state index is 1.16. The second kappa shape index (κ2) is 7.12. The van der Waals surface area contributed by atoms with Crippen molar-refractivity contribution in [3.63, 3.8) is 0 Å². The van der Waals surface area contributed by atoms with Gasteiger partial charge >= 0.3 is 0 Å². The van der Waals surface area contributed by atoms with E-state index in [1.807, 2.05) is 11.8 Å². The van der Waals surface area contributed by atoms with Gasteiger partial charge in [-0.05, 0) is 26.0 Å². The molecule has 0 spiro atoms. The zero-order chi connectivity index (χ0) is 15.4. The first kappa shape index (κ1) is 15.3. The number of aromatic amines is 1. The standard InChI is InChI=1S/C19H22N2S/c1-3-21(4-2)13-14-22-19-15-9-5-7-11-17(15)20-18-12-8-6-10-16(18)19/h5-12H,3-4,13-14H2,1-2H3/p+2. The van der Waals surface area contributed by atoms with Crippen molar-refractivity contribution < 1.29 is 9.88 Å². The van der Waals surface area contributed by atoms with E-state index < -0.39 is 0 Å². The van der Waals surface area contributed by atoms with Crippen LogP contribution in [-0.2, 0) is 0 Å². The number of hydrogen-bond acceptors (Lipinski definition) is 1. The molecule has 0 amide bonds. The zero-order valence-corrected chi connectivity index (χ0v) is 14.2. The van der Waals surface area contributed by atoms with E-state index in [2.05, 4.69) is 67.4 Å². The molecule has 0 saturated heterocycles. The lowest BCUT2D eigenvalue weighted by Crippen LogP contribution is -3.11. The van der Waals surface area contributed by atoms with Crippen molar-refractivity contribution in [3.05, 3.63) is 48.5 Å². The number of H-pyrrole nitrogens is 1. The summed E-state index contributed by atoms with van der Waals surface area (Å²) in [4.78, 5) is 6.64. The maximum Gasteiger partial charge on any atom is 0.212 e. The Kier molecular flexibility index (Phi) is 4.96. The number of para-hydroxylation sites is 2. The molecule has 0 aliphatic carbocycles. The van der Waals surface area contributed by atoms with Crippen LogP contribution in [0.15, 0.2) is 53.4 Å². The van der Waals surface area contributed by atoms with Gasteiger partial charge in [0.15, 0.2) is 0 Å². The molecule has 0 fully saturated rings. The molecule has 0 unspecified atom stereocenters. The maximum absolute atomic E-state index is 3.55. The fourth-order valence-electron chi connectivity index (χ4n) is 2.93. The van der Waals surface area contributed by atoms with Crippen molar-refractivity contribution >= 4 is 33.6 Å². The molecule has 3 rings (SSSR count). The third kappa shape index (κ3) is 3.11. The van der Waals surface area contributed by atoms with E-state index in [1.165, 1.54) is 46.3 Å². The molecule has 0 radical (unpaired) electrons. The highest BCUT2D eigenvalue weighted by atomic mass is 32.2. The van der Waals surface area contributed by atoms with Gasteiger partial charge in [0.2, 0.25) is 11.0 Å². The summed E-state index contributed by atoms with van der Waals surface area (Å²) in [6.07, 6.45) is 0. The molecule has 2 aromatic carbocycles. The third-order valence-electron chi connectivity index (χ3n) is 4.31. The Balaban J connectivity index is 1.97. The van der Waals surface area contributed by atoms with Crippen LogP contribution >= 0.6 is 11.8 Å². The van der Waals surface area contributed by atoms with Crippen molar-refractivity contribution in [2.24, 2.45) is 0 Å². The number of rotatable bonds is 6. The predicted octanol–water partition coefficient (Wildman–Crippen LogP) is 2.82. The molecular weight excluding hydrogens is 288 g/mol. The van der Waals surface area contributed by atoms with Gasteiger partial charge in [-0.3, -0.25) is 0 Å². The SMILES string of the molecule is CC[NH+](CC)CCSc1c2ccccc2[nH+]c2ccccc12. The fourth-order valence-corrected chi connectivity index (χ4v) is 4.19. The fraction of sp³-hybridized carbons (Fsp3) is 0.316. The van der Waals surface area contributed by atoms with Crippen molar-refractivity contribution in [3.8, 4) is 0 Å². The van der Waals surface area contributed by atoms with E-state index in [0.29, 0.717) is 0 Å². The number of pyridine rings is 1. The Bertz CT molecular complexity index is 712. The molecule has 0 aliphatic rings. The highest BCUT2D eigenvalue weighted by Gasteiger charge is 2.14. The summed E-state index contributed by atoms with van der Waals surface area (Å²) < 4.78 is 0. The van der Waals surface area contributed by atoms with E-state index in [-0.39, 0.29) is 0 Å². The van der Waals surface area contributed by atoms with Gasteiger partial charge in [-0.2, -0.15) is 0 Å². The van der Waals surface area contributed by atoms with Crippen molar-refractivity contribution in [1.29, 1.82) is 0 Å². The molecule has 3 aromatic rings. The largest absolute Gasteiger partial charge is 0.335 e. The van der Waals surface area contributed by atoms with E-state index in [4.69, 9.17) is 0 Å². The first-order valence-electron chi connectivity index (χ1n) is 8.12. The molecule has 0 bridgehead atoms. The Labute approximate surface area is 136 Å². The van der Waals surface area contributed by atoms with Gasteiger partial charge in [0, 0.05) is 22.8 Å². The number of quaternary nitrogens is 1. The number of thioether (sulfide) groups is 1. The number of fused-ring (bicyclic) bond motifs is 2. The lowest BCUT2D eigenvalue weighted by atomic mass is 10.1. The number of nitrogens with one attached hydrogen (secondary N) is 2. The normalized spacial score (nSPS) is 11.6. The molecule has 1 heterocycles. The van der Waals surface area contributed by atoms with Crippen LogP contribution < -0.4 is 9.88 Å². The molecule has 2 nitrogen and oxygen atoms in total. The van der Waals surface area contributed by atoms with Crippen LogP contribution in [0.5, 0.6) is 0 Å². The molecule has 1 aromatic heterocycles. The van der Waals surface area contributed by atoms with Crippen molar-refractivity contribution in [2.75, 3.05) is 25.4 Å². The summed E-state index contributed by atoms with van der Waals surface area (Å²) in [5.41, 5.74) is 2.44. The second-order valence-electron chi connectivity index (χ2n) is 5.60. The first-order chi connectivity index (χ1) is 10.8. The van der Waals surface area contributed by atoms with Gasteiger partial charge < -0.3 is 4.90 Å². The molecule has 0 saturated carbocycles. The number of benzene rings is 2. The average molecular weight is 312 g/mol. The Hall–Kier alpha value is -1.58. The van der Waals surface area contributed by atoms with E-state index >= 15 is 0 Å². The van der Waals surface area contributed by atoms with Gasteiger partial charge in [0.25, 0.3) is 0 Å². The minimum Gasteiger partial charge on any atom is -0.335 e. The summed E-state index contributed by atoms with van der Waals surface area (Å²) in [5.74, 6) is 1.16. The van der Waals surface area contributed by atoms with Gasteiger partial charge in [-0.15, -0.1) is 11.8 Å². The topological polar surface area (TPSA) is 18.6 Å². The van der Waals surface area contributed by atoms with Crippen LogP contribution in [0.4, 0.5) is 0 Å². The zero-order valence-electron chi connectivity index (χ0n) is 13.4. The highest BCUT2D eigenvalue weighted by Crippen LogP contribution is 2.31. The van der Waals surface area contributed by atoms with Crippen LogP contribution in [0, 0.1) is 0 Å². The second-order valence-corrected chi connectivity index (χ2v) is 6.71. The molecular formula is C19H24N2S+2. The van der Waals surface area contributed by atoms with E-state index in [0.717, 1.165) is 5.75 Å². The van der Waals surface area contributed by atoms with Gasteiger partial charge in [0.05, 0.1) is 30.4 Å². The van der Waals surface area contributed by atoms with Crippen LogP contribution in [-0.4, -0.2) is 25.4 Å². The molecule has 0 atom stereocenters. The number of aromatic nitrogens is 1. The van der Waals surface area contributed by atoms with Gasteiger partial charge in [-0.25, -0.2) is 4.98 Å². The quantitative estimate of drug-likeness (QED) is 0.548. The smallest absolute Gasteiger partial charge is 0.212 e. The lowest BCUT2D eigenvalue weighted by molar-refractivity contribution is -0.893. The average Bonchev–Trinajstić information content (AvgIpc) is 2.58. The van der Waals surface area contributed by atoms with Crippen LogP contribution in [0.3, 0.4) is 0 Å². The van der Waals surface area contributed by atoms with Crippen molar-refractivity contribution in [1.82, 2.24) is 0 Å². The molecule has 114 valence electrons. The van der Waals surface area contributed by atoms with Crippen LogP contribution in [0.1, 0.15) is 13.8 Å². The maximum atomic E-state index is 3.55. The summed E-state index contributed by atoms with van der Waals surface area (Å²) >= 11 is 2.00. The van der Waals surface area contributed by atoms with Crippen LogP contribution in [0.25, 0.3) is 21.8 Å². The third-order valence-corrected chi connectivity index (χ3v) is 5.45. The van der Waals surface area contributed by atoms with Crippen LogP contribution in [0.2, 0.25) is 0 Å². The minimum absolute atomic E-state index is 1.16. The predicted molar refractivity (Wildman–Crippen MR) is 95.6 cm³/mol. The highest BCUT2D eigenvalue weighted by molar-refractivity contribution is 7.99. The Morgan fingerprint density at radius 3 is 1.95 bits per heavy atom. The number of hydrogen-bond donors (Lipinski definition) is 1. The Morgan fingerprint density at radius 2 is 1.41 bits per heavy atom. The van der Waals surface area contributed by atoms with Crippen molar-refractivity contribution in [2.45, 2.75) is 18.7 Å². The molecule has 0 aliphatic heterocycles. The van der Waals surface area contributed by atoms with E-state index in [1.54, 1.807) is 4.90 Å². The summed E-state index contributed by atoms with van der Waals surface area (Å²) in [6.45, 7) is 8.18. The first-order valence-corrected chi connectivity index (χ1v) is 9.11. The molecule has 3 heteroatoms. The monoisotopic (exact) mass is 312 g/mol. The molecule has 2 N–H and O–H groups in total. The Morgan fingerprint density at radius 1 is 0.864 bits per heavy atom. The summed E-state index contributed by atoms with van der Waals surface area (Å²) in [6, 6.07) is 17.2.